The smallest absolute Gasteiger partial charge is 0.341 e. The first kappa shape index (κ1) is 21.8. The minimum atomic E-state index is -2.85. The van der Waals surface area contributed by atoms with Crippen LogP contribution >= 0.6 is 0 Å². The first-order valence-electron chi connectivity index (χ1n) is 9.85. The molecule has 30 heavy (non-hydrogen) atoms. The summed E-state index contributed by atoms with van der Waals surface area (Å²) >= 11 is 0. The third kappa shape index (κ3) is 5.18. The standard InChI is InChI=1S/C20H25F2N5O3/c1-3-30-20(29)15-11-24-27(17(15)18(21)22)12-26-8-5-14(6-9-26)19(28)25-16-10-13(2)4-7-23-16/h4,7,10-11,14,18H,3,5-6,8-9,12H2,1-2H3,(H,23,25,28). The normalized spacial score (nSPS) is 15.4. The van der Waals surface area contributed by atoms with Crippen molar-refractivity contribution in [1.82, 2.24) is 19.7 Å². The molecule has 0 radical (unpaired) electrons. The van der Waals surface area contributed by atoms with Gasteiger partial charge in [-0.1, -0.05) is 0 Å². The molecule has 8 nitrogen and oxygen atoms in total. The lowest BCUT2D eigenvalue weighted by molar-refractivity contribution is -0.121. The van der Waals surface area contributed by atoms with Gasteiger partial charge in [-0.25, -0.2) is 23.2 Å². The quantitative estimate of drug-likeness (QED) is 0.692. The number of nitrogens with one attached hydrogen (secondary N) is 1. The molecular formula is C20H25F2N5O3. The number of halogens is 2. The molecule has 162 valence electrons. The predicted octanol–water partition coefficient (Wildman–Crippen LogP) is 3.01. The van der Waals surface area contributed by atoms with E-state index in [1.807, 2.05) is 17.9 Å². The van der Waals surface area contributed by atoms with Crippen molar-refractivity contribution in [3.8, 4) is 0 Å². The van der Waals surface area contributed by atoms with Gasteiger partial charge in [-0.3, -0.25) is 9.69 Å². The van der Waals surface area contributed by atoms with Crippen LogP contribution in [0.4, 0.5) is 14.6 Å². The number of nitrogens with zero attached hydrogens (tertiary/aromatic N) is 4. The molecule has 0 atom stereocenters. The van der Waals surface area contributed by atoms with Crippen molar-refractivity contribution >= 4 is 17.7 Å². The number of amides is 1. The highest BCUT2D eigenvalue weighted by Gasteiger charge is 2.29. The minimum Gasteiger partial charge on any atom is -0.462 e. The Morgan fingerprint density at radius 3 is 2.70 bits per heavy atom. The van der Waals surface area contributed by atoms with Crippen molar-refractivity contribution in [2.75, 3.05) is 25.0 Å². The van der Waals surface area contributed by atoms with Crippen molar-refractivity contribution < 1.29 is 23.1 Å². The van der Waals surface area contributed by atoms with Gasteiger partial charge in [-0.15, -0.1) is 0 Å². The number of rotatable bonds is 7. The number of aromatic nitrogens is 3. The number of hydrogen-bond donors (Lipinski definition) is 1. The first-order valence-corrected chi connectivity index (χ1v) is 9.85. The number of likely N-dealkylation sites (tertiary alicyclic amines) is 1. The largest absolute Gasteiger partial charge is 0.462 e. The average molecular weight is 421 g/mol. The van der Waals surface area contributed by atoms with Gasteiger partial charge in [0.1, 0.15) is 17.1 Å². The highest BCUT2D eigenvalue weighted by Crippen LogP contribution is 2.25. The van der Waals surface area contributed by atoms with Crippen molar-refractivity contribution in [1.29, 1.82) is 0 Å². The molecule has 1 saturated heterocycles. The van der Waals surface area contributed by atoms with Gasteiger partial charge in [-0.05, 0) is 44.4 Å². The van der Waals surface area contributed by atoms with Crippen LogP contribution < -0.4 is 5.32 Å². The first-order chi connectivity index (χ1) is 14.4. The number of pyridine rings is 1. The van der Waals surface area contributed by atoms with E-state index in [0.29, 0.717) is 31.7 Å². The van der Waals surface area contributed by atoms with E-state index in [-0.39, 0.29) is 30.7 Å². The molecule has 0 bridgehead atoms. The molecule has 1 amide bonds. The zero-order valence-electron chi connectivity index (χ0n) is 17.0. The van der Waals surface area contributed by atoms with E-state index >= 15 is 0 Å². The van der Waals surface area contributed by atoms with Crippen molar-refractivity contribution in [3.63, 3.8) is 0 Å². The average Bonchev–Trinajstić information content (AvgIpc) is 3.12. The molecule has 3 heterocycles. The summed E-state index contributed by atoms with van der Waals surface area (Å²) in [6, 6.07) is 3.65. The molecule has 2 aromatic heterocycles. The Morgan fingerprint density at radius 1 is 1.33 bits per heavy atom. The molecular weight excluding hydrogens is 396 g/mol. The Hall–Kier alpha value is -2.88. The van der Waals surface area contributed by atoms with Crippen LogP contribution in [0.15, 0.2) is 24.5 Å². The summed E-state index contributed by atoms with van der Waals surface area (Å²) in [6.45, 7) is 4.85. The summed E-state index contributed by atoms with van der Waals surface area (Å²) in [7, 11) is 0. The topological polar surface area (TPSA) is 89.4 Å². The van der Waals surface area contributed by atoms with Gasteiger partial charge in [0, 0.05) is 25.2 Å². The Bertz CT molecular complexity index is 894. The van der Waals surface area contributed by atoms with Gasteiger partial charge in [0.2, 0.25) is 5.91 Å². The van der Waals surface area contributed by atoms with E-state index in [1.54, 1.807) is 19.2 Å². The van der Waals surface area contributed by atoms with Gasteiger partial charge in [0.25, 0.3) is 6.43 Å². The van der Waals surface area contributed by atoms with E-state index in [9.17, 15) is 18.4 Å². The van der Waals surface area contributed by atoms with Gasteiger partial charge in [0.05, 0.1) is 19.5 Å². The van der Waals surface area contributed by atoms with E-state index in [4.69, 9.17) is 4.74 Å². The number of anilines is 1. The number of carbonyl (C=O) groups is 2. The zero-order valence-corrected chi connectivity index (χ0v) is 17.0. The van der Waals surface area contributed by atoms with Crippen LogP contribution in [-0.2, 0) is 16.2 Å². The van der Waals surface area contributed by atoms with Crippen molar-refractivity contribution in [2.45, 2.75) is 39.8 Å². The number of aryl methyl sites for hydroxylation is 1. The van der Waals surface area contributed by atoms with E-state index in [2.05, 4.69) is 15.4 Å². The lowest BCUT2D eigenvalue weighted by Gasteiger charge is -2.31. The molecule has 0 aromatic carbocycles. The monoisotopic (exact) mass is 421 g/mol. The van der Waals surface area contributed by atoms with E-state index in [1.165, 1.54) is 0 Å². The second-order valence-corrected chi connectivity index (χ2v) is 7.21. The maximum Gasteiger partial charge on any atom is 0.341 e. The molecule has 2 aromatic rings. The van der Waals surface area contributed by atoms with Gasteiger partial charge < -0.3 is 10.1 Å². The molecule has 1 N–H and O–H groups in total. The Morgan fingerprint density at radius 2 is 2.07 bits per heavy atom. The lowest BCUT2D eigenvalue weighted by Crippen LogP contribution is -2.39. The Kier molecular flexibility index (Phi) is 7.09. The van der Waals surface area contributed by atoms with Crippen LogP contribution in [0.2, 0.25) is 0 Å². The molecule has 1 fully saturated rings. The lowest BCUT2D eigenvalue weighted by atomic mass is 9.96. The third-order valence-electron chi connectivity index (χ3n) is 5.04. The molecule has 3 rings (SSSR count). The van der Waals surface area contributed by atoms with Crippen LogP contribution in [0, 0.1) is 12.8 Å². The van der Waals surface area contributed by atoms with Crippen molar-refractivity contribution in [3.05, 3.63) is 41.3 Å². The minimum absolute atomic E-state index is 0.0929. The number of carbonyl (C=O) groups excluding carboxylic acids is 2. The molecule has 10 heteroatoms. The fourth-order valence-corrected chi connectivity index (χ4v) is 3.46. The Labute approximate surface area is 173 Å². The van der Waals surface area contributed by atoms with Crippen LogP contribution in [0.5, 0.6) is 0 Å². The fourth-order valence-electron chi connectivity index (χ4n) is 3.46. The highest BCUT2D eigenvalue weighted by atomic mass is 19.3. The highest BCUT2D eigenvalue weighted by molar-refractivity contribution is 5.92. The second-order valence-electron chi connectivity index (χ2n) is 7.21. The molecule has 0 aliphatic carbocycles. The summed E-state index contributed by atoms with van der Waals surface area (Å²) in [5, 5.41) is 6.79. The summed E-state index contributed by atoms with van der Waals surface area (Å²) < 4.78 is 33.0. The molecule has 0 spiro atoms. The summed E-state index contributed by atoms with van der Waals surface area (Å²) in [4.78, 5) is 30.5. The molecule has 1 aliphatic heterocycles. The predicted molar refractivity (Wildman–Crippen MR) is 105 cm³/mol. The van der Waals surface area contributed by atoms with Crippen LogP contribution in [-0.4, -0.2) is 51.2 Å². The summed E-state index contributed by atoms with van der Waals surface area (Å²) in [5.74, 6) is -0.554. The number of esters is 1. The number of ether oxygens (including phenoxy) is 1. The van der Waals surface area contributed by atoms with E-state index in [0.717, 1.165) is 16.4 Å². The second kappa shape index (κ2) is 9.75. The van der Waals surface area contributed by atoms with Crippen LogP contribution in [0.3, 0.4) is 0 Å². The van der Waals surface area contributed by atoms with Crippen molar-refractivity contribution in [2.24, 2.45) is 5.92 Å². The van der Waals surface area contributed by atoms with Gasteiger partial charge >= 0.3 is 5.97 Å². The SMILES string of the molecule is CCOC(=O)c1cnn(CN2CCC(C(=O)Nc3cc(C)ccn3)CC2)c1C(F)F. The maximum absolute atomic E-state index is 13.5. The molecule has 0 unspecified atom stereocenters. The van der Waals surface area contributed by atoms with Crippen LogP contribution in [0.25, 0.3) is 0 Å². The number of hydrogen-bond acceptors (Lipinski definition) is 6. The summed E-state index contributed by atoms with van der Waals surface area (Å²) in [6.07, 6.45) is 1.09. The summed E-state index contributed by atoms with van der Waals surface area (Å²) in [5.41, 5.74) is 0.344. The maximum atomic E-state index is 13.5. The molecule has 0 saturated carbocycles. The third-order valence-corrected chi connectivity index (χ3v) is 5.04. The van der Waals surface area contributed by atoms with Crippen LogP contribution in [0.1, 0.15) is 47.8 Å². The zero-order chi connectivity index (χ0) is 21.7. The van der Waals surface area contributed by atoms with Gasteiger partial charge in [0.15, 0.2) is 0 Å². The Balaban J connectivity index is 1.58. The fraction of sp³-hybridized carbons (Fsp3) is 0.500. The van der Waals surface area contributed by atoms with E-state index < -0.39 is 18.1 Å². The van der Waals surface area contributed by atoms with Gasteiger partial charge in [-0.2, -0.15) is 5.10 Å². The number of alkyl halides is 2. The molecule has 1 aliphatic rings. The number of piperidine rings is 1.